The van der Waals surface area contributed by atoms with Crippen LogP contribution < -0.4 is 14.2 Å². The first kappa shape index (κ1) is 16.4. The molecule has 3 nitrogen and oxygen atoms in total. The van der Waals surface area contributed by atoms with Gasteiger partial charge in [-0.15, -0.1) is 23.5 Å². The standard InChI is InChI=1S/C14H19IO3S2/c1-14(19-6-5-7-20-14)9-8-10(16-2)12(17-3)13(18-4)11(9)15/h8H,5-7H2,1-4H3. The summed E-state index contributed by atoms with van der Waals surface area (Å²) in [5.41, 5.74) is 1.25. The van der Waals surface area contributed by atoms with Crippen LogP contribution in [-0.2, 0) is 4.08 Å². The Kier molecular flexibility index (Phi) is 5.64. The SMILES string of the molecule is COc1cc(C2(C)SCCCS2)c(I)c(OC)c1OC. The highest BCUT2D eigenvalue weighted by Gasteiger charge is 2.35. The highest BCUT2D eigenvalue weighted by molar-refractivity contribution is 14.1. The first-order valence-corrected chi connectivity index (χ1v) is 9.39. The Hall–Kier alpha value is 0.0500. The highest BCUT2D eigenvalue weighted by atomic mass is 127. The van der Waals surface area contributed by atoms with Gasteiger partial charge in [0.15, 0.2) is 11.5 Å². The van der Waals surface area contributed by atoms with Gasteiger partial charge >= 0.3 is 0 Å². The Morgan fingerprint density at radius 1 is 1.05 bits per heavy atom. The third-order valence-electron chi connectivity index (χ3n) is 3.30. The molecule has 1 fully saturated rings. The second-order valence-corrected chi connectivity index (χ2v) is 8.87. The van der Waals surface area contributed by atoms with E-state index in [1.165, 1.54) is 23.5 Å². The van der Waals surface area contributed by atoms with E-state index in [2.05, 4.69) is 35.6 Å². The summed E-state index contributed by atoms with van der Waals surface area (Å²) in [6, 6.07) is 2.09. The fraction of sp³-hybridized carbons (Fsp3) is 0.571. The molecular weight excluding hydrogens is 407 g/mol. The number of thioether (sulfide) groups is 2. The van der Waals surface area contributed by atoms with Crippen molar-refractivity contribution in [2.75, 3.05) is 32.8 Å². The van der Waals surface area contributed by atoms with Gasteiger partial charge < -0.3 is 14.2 Å². The van der Waals surface area contributed by atoms with Gasteiger partial charge in [-0.2, -0.15) is 0 Å². The minimum absolute atomic E-state index is 0.0433. The second kappa shape index (κ2) is 6.87. The quantitative estimate of drug-likeness (QED) is 0.668. The van der Waals surface area contributed by atoms with Gasteiger partial charge in [0.05, 0.1) is 29.0 Å². The Labute approximate surface area is 142 Å². The van der Waals surface area contributed by atoms with E-state index in [0.29, 0.717) is 5.75 Å². The molecule has 0 radical (unpaired) electrons. The lowest BCUT2D eigenvalue weighted by atomic mass is 10.1. The molecule has 1 aromatic rings. The molecule has 1 aliphatic rings. The fourth-order valence-corrected chi connectivity index (χ4v) is 6.77. The van der Waals surface area contributed by atoms with E-state index in [1.807, 2.05) is 23.5 Å². The van der Waals surface area contributed by atoms with Crippen molar-refractivity contribution in [1.29, 1.82) is 0 Å². The number of benzene rings is 1. The van der Waals surface area contributed by atoms with E-state index in [9.17, 15) is 0 Å². The second-order valence-electron chi connectivity index (χ2n) is 4.50. The van der Waals surface area contributed by atoms with Crippen LogP contribution in [0.1, 0.15) is 18.9 Å². The van der Waals surface area contributed by atoms with Crippen molar-refractivity contribution < 1.29 is 14.2 Å². The molecule has 0 unspecified atom stereocenters. The van der Waals surface area contributed by atoms with E-state index in [0.717, 1.165) is 15.1 Å². The summed E-state index contributed by atoms with van der Waals surface area (Å²) in [7, 11) is 4.98. The molecule has 1 aromatic carbocycles. The molecule has 0 spiro atoms. The molecule has 0 atom stereocenters. The van der Waals surface area contributed by atoms with Crippen molar-refractivity contribution in [3.8, 4) is 17.2 Å². The molecule has 0 aliphatic carbocycles. The number of ether oxygens (including phenoxy) is 3. The molecule has 0 bridgehead atoms. The van der Waals surface area contributed by atoms with Crippen LogP contribution in [0.5, 0.6) is 17.2 Å². The normalized spacial score (nSPS) is 17.6. The molecule has 1 saturated heterocycles. The summed E-state index contributed by atoms with van der Waals surface area (Å²) < 4.78 is 17.6. The van der Waals surface area contributed by atoms with Gasteiger partial charge in [-0.1, -0.05) is 0 Å². The van der Waals surface area contributed by atoms with Crippen molar-refractivity contribution in [2.45, 2.75) is 17.4 Å². The zero-order valence-electron chi connectivity index (χ0n) is 12.1. The van der Waals surface area contributed by atoms with Gasteiger partial charge in [0, 0.05) is 0 Å². The Balaban J connectivity index is 2.58. The number of hydrogen-bond donors (Lipinski definition) is 0. The molecule has 0 N–H and O–H groups in total. The van der Waals surface area contributed by atoms with Gasteiger partial charge in [-0.3, -0.25) is 0 Å². The highest BCUT2D eigenvalue weighted by Crippen LogP contribution is 2.55. The van der Waals surface area contributed by atoms with Gasteiger partial charge in [0.1, 0.15) is 0 Å². The number of hydrogen-bond acceptors (Lipinski definition) is 5. The Morgan fingerprint density at radius 3 is 2.15 bits per heavy atom. The molecule has 112 valence electrons. The molecule has 1 heterocycles. The average molecular weight is 426 g/mol. The van der Waals surface area contributed by atoms with Crippen LogP contribution >= 0.6 is 46.1 Å². The molecule has 6 heteroatoms. The first-order chi connectivity index (χ1) is 9.57. The molecule has 2 rings (SSSR count). The van der Waals surface area contributed by atoms with E-state index < -0.39 is 0 Å². The minimum atomic E-state index is 0.0433. The molecule has 20 heavy (non-hydrogen) atoms. The summed E-state index contributed by atoms with van der Waals surface area (Å²) in [5.74, 6) is 4.53. The number of halogens is 1. The Bertz CT molecular complexity index is 488. The van der Waals surface area contributed by atoms with Gasteiger partial charge in [-0.05, 0) is 59.1 Å². The zero-order valence-corrected chi connectivity index (χ0v) is 15.9. The molecule has 0 saturated carbocycles. The van der Waals surface area contributed by atoms with Crippen LogP contribution in [-0.4, -0.2) is 32.8 Å². The lowest BCUT2D eigenvalue weighted by molar-refractivity contribution is 0.322. The lowest BCUT2D eigenvalue weighted by Gasteiger charge is -2.34. The maximum atomic E-state index is 5.55. The summed E-state index contributed by atoms with van der Waals surface area (Å²) >= 11 is 6.33. The van der Waals surface area contributed by atoms with Crippen molar-refractivity contribution in [3.05, 3.63) is 15.2 Å². The van der Waals surface area contributed by atoms with Gasteiger partial charge in [0.2, 0.25) is 5.75 Å². The topological polar surface area (TPSA) is 27.7 Å². The third-order valence-corrected chi connectivity index (χ3v) is 7.61. The van der Waals surface area contributed by atoms with E-state index >= 15 is 0 Å². The van der Waals surface area contributed by atoms with Gasteiger partial charge in [0.25, 0.3) is 0 Å². The number of methoxy groups -OCH3 is 3. The smallest absolute Gasteiger partial charge is 0.204 e. The predicted octanol–water partition coefficient (Wildman–Crippen LogP) is 4.36. The third kappa shape index (κ3) is 2.97. The first-order valence-electron chi connectivity index (χ1n) is 6.34. The van der Waals surface area contributed by atoms with Crippen LogP contribution in [0.3, 0.4) is 0 Å². The summed E-state index contributed by atoms with van der Waals surface area (Å²) in [6.07, 6.45) is 1.27. The van der Waals surface area contributed by atoms with E-state index in [4.69, 9.17) is 14.2 Å². The van der Waals surface area contributed by atoms with Crippen molar-refractivity contribution in [2.24, 2.45) is 0 Å². The summed E-state index contributed by atoms with van der Waals surface area (Å²) in [5, 5.41) is 0. The van der Waals surface area contributed by atoms with Crippen molar-refractivity contribution in [3.63, 3.8) is 0 Å². The fourth-order valence-electron chi connectivity index (χ4n) is 2.24. The summed E-state index contributed by atoms with van der Waals surface area (Å²) in [6.45, 7) is 2.28. The van der Waals surface area contributed by atoms with E-state index in [-0.39, 0.29) is 4.08 Å². The van der Waals surface area contributed by atoms with Crippen LogP contribution in [0.25, 0.3) is 0 Å². The van der Waals surface area contributed by atoms with Gasteiger partial charge in [-0.25, -0.2) is 0 Å². The van der Waals surface area contributed by atoms with Crippen LogP contribution in [0.15, 0.2) is 6.07 Å². The maximum absolute atomic E-state index is 5.55. The average Bonchev–Trinajstić information content (AvgIpc) is 2.47. The van der Waals surface area contributed by atoms with Crippen LogP contribution in [0, 0.1) is 3.57 Å². The largest absolute Gasteiger partial charge is 0.493 e. The molecule has 0 aromatic heterocycles. The minimum Gasteiger partial charge on any atom is -0.493 e. The van der Waals surface area contributed by atoms with Crippen LogP contribution in [0.4, 0.5) is 0 Å². The lowest BCUT2D eigenvalue weighted by Crippen LogP contribution is -2.20. The Morgan fingerprint density at radius 2 is 1.65 bits per heavy atom. The molecule has 0 amide bonds. The monoisotopic (exact) mass is 426 g/mol. The van der Waals surface area contributed by atoms with Crippen molar-refractivity contribution in [1.82, 2.24) is 0 Å². The van der Waals surface area contributed by atoms with Crippen molar-refractivity contribution >= 4 is 46.1 Å². The molecule has 1 aliphatic heterocycles. The van der Waals surface area contributed by atoms with Crippen LogP contribution in [0.2, 0.25) is 0 Å². The number of rotatable bonds is 4. The summed E-state index contributed by atoms with van der Waals surface area (Å²) in [4.78, 5) is 0. The maximum Gasteiger partial charge on any atom is 0.204 e. The zero-order chi connectivity index (χ0) is 14.8. The van der Waals surface area contributed by atoms with E-state index in [1.54, 1.807) is 21.3 Å². The predicted molar refractivity (Wildman–Crippen MR) is 95.7 cm³/mol. The molecular formula is C14H19IO3S2.